The van der Waals surface area contributed by atoms with Crippen LogP contribution in [0.5, 0.6) is 0 Å². The van der Waals surface area contributed by atoms with Gasteiger partial charge in [-0.3, -0.25) is 20.2 Å². The second-order valence-electron chi connectivity index (χ2n) is 3.47. The van der Waals surface area contributed by atoms with Crippen molar-refractivity contribution in [3.63, 3.8) is 0 Å². The van der Waals surface area contributed by atoms with E-state index in [1.165, 1.54) is 12.1 Å². The third kappa shape index (κ3) is 2.88. The number of nitrogens with one attached hydrogen (secondary N) is 1. The van der Waals surface area contributed by atoms with Crippen molar-refractivity contribution in [3.8, 4) is 0 Å². The Hall–Kier alpha value is -2.22. The van der Waals surface area contributed by atoms with Crippen LogP contribution in [-0.2, 0) is 0 Å². The van der Waals surface area contributed by atoms with Crippen LogP contribution in [-0.4, -0.2) is 22.9 Å². The zero-order chi connectivity index (χ0) is 13.0. The third-order valence-corrected chi connectivity index (χ3v) is 2.11. The topological polar surface area (TPSA) is 126 Å². The van der Waals surface area contributed by atoms with Crippen LogP contribution >= 0.6 is 0 Å². The van der Waals surface area contributed by atoms with Gasteiger partial charge in [-0.2, -0.15) is 0 Å². The Balaban J connectivity index is 3.36. The number of hydrogen-bond acceptors (Lipinski definition) is 5. The lowest BCUT2D eigenvalue weighted by Gasteiger charge is -2.06. The van der Waals surface area contributed by atoms with Crippen molar-refractivity contribution in [1.29, 1.82) is 0 Å². The molecule has 1 aromatic carbocycles. The summed E-state index contributed by atoms with van der Waals surface area (Å²) in [5.41, 5.74) is 3.41. The van der Waals surface area contributed by atoms with Gasteiger partial charge in [-0.25, -0.2) is 0 Å². The number of benzene rings is 1. The van der Waals surface area contributed by atoms with E-state index in [1.807, 2.05) is 0 Å². The molecule has 0 aliphatic heterocycles. The zero-order valence-electron chi connectivity index (χ0n) is 9.30. The number of hydrogen-bond donors (Lipinski definition) is 2. The molecule has 8 nitrogen and oxygen atoms in total. The Morgan fingerprint density at radius 1 is 1.24 bits per heavy atom. The van der Waals surface area contributed by atoms with Crippen molar-refractivity contribution < 1.29 is 15.6 Å². The van der Waals surface area contributed by atoms with E-state index in [-0.39, 0.29) is 17.1 Å². The lowest BCUT2D eigenvalue weighted by atomic mass is 10.1. The molecule has 8 heteroatoms. The molecule has 0 aliphatic rings. The van der Waals surface area contributed by atoms with Gasteiger partial charge < -0.3 is 11.1 Å². The maximum Gasteiger partial charge on any atom is 0.299 e. The Kier molecular flexibility index (Phi) is 3.94. The summed E-state index contributed by atoms with van der Waals surface area (Å²) in [4.78, 5) is 20.4. The van der Waals surface area contributed by atoms with Gasteiger partial charge in [0.05, 0.1) is 22.9 Å². The SMILES string of the molecule is Cc1cc([N+](=O)[O-])c(NCC[NH3+])c([N+](=O)[O-])c1. The van der Waals surface area contributed by atoms with E-state index in [1.54, 1.807) is 6.92 Å². The fraction of sp³-hybridized carbons (Fsp3) is 0.333. The Morgan fingerprint density at radius 2 is 1.71 bits per heavy atom. The first kappa shape index (κ1) is 12.8. The van der Waals surface area contributed by atoms with Gasteiger partial charge in [-0.1, -0.05) is 0 Å². The van der Waals surface area contributed by atoms with E-state index in [9.17, 15) is 20.2 Å². The highest BCUT2D eigenvalue weighted by molar-refractivity contribution is 5.74. The molecule has 0 saturated heterocycles. The summed E-state index contributed by atoms with van der Waals surface area (Å²) in [6, 6.07) is 2.61. The van der Waals surface area contributed by atoms with Crippen LogP contribution in [0, 0.1) is 27.2 Å². The molecule has 1 rings (SSSR count). The predicted octanol–water partition coefficient (Wildman–Crippen LogP) is 0.465. The minimum absolute atomic E-state index is 0.0609. The molecule has 4 N–H and O–H groups in total. The molecule has 0 saturated carbocycles. The molecule has 1 aromatic rings. The number of nitro benzene ring substituents is 2. The third-order valence-electron chi connectivity index (χ3n) is 2.11. The molecular formula is C9H13N4O4+. The molecule has 0 unspecified atom stereocenters. The van der Waals surface area contributed by atoms with Crippen molar-refractivity contribution >= 4 is 17.1 Å². The average molecular weight is 241 g/mol. The van der Waals surface area contributed by atoms with E-state index < -0.39 is 9.85 Å². The van der Waals surface area contributed by atoms with Crippen LogP contribution in [0.3, 0.4) is 0 Å². The number of aryl methyl sites for hydroxylation is 1. The summed E-state index contributed by atoms with van der Waals surface area (Å²) >= 11 is 0. The maximum absolute atomic E-state index is 10.8. The van der Waals surface area contributed by atoms with Crippen molar-refractivity contribution in [3.05, 3.63) is 37.9 Å². The molecule has 0 bridgehead atoms. The molecule has 0 heterocycles. The second-order valence-corrected chi connectivity index (χ2v) is 3.47. The number of rotatable bonds is 5. The lowest BCUT2D eigenvalue weighted by Crippen LogP contribution is -2.53. The first-order chi connectivity index (χ1) is 7.97. The second kappa shape index (κ2) is 5.21. The van der Waals surface area contributed by atoms with E-state index >= 15 is 0 Å². The van der Waals surface area contributed by atoms with Gasteiger partial charge in [0.1, 0.15) is 0 Å². The summed E-state index contributed by atoms with van der Waals surface area (Å²) < 4.78 is 0. The van der Waals surface area contributed by atoms with Crippen molar-refractivity contribution in [2.45, 2.75) is 6.92 Å². The molecule has 0 amide bonds. The van der Waals surface area contributed by atoms with Crippen LogP contribution in [0.15, 0.2) is 12.1 Å². The van der Waals surface area contributed by atoms with Crippen molar-refractivity contribution in [2.75, 3.05) is 18.4 Å². The summed E-state index contributed by atoms with van der Waals surface area (Å²) in [5, 5.41) is 24.4. The molecule has 0 fully saturated rings. The summed E-state index contributed by atoms with van der Waals surface area (Å²) in [7, 11) is 0. The molecular weight excluding hydrogens is 228 g/mol. The number of quaternary nitrogens is 1. The highest BCUT2D eigenvalue weighted by atomic mass is 16.6. The zero-order valence-corrected chi connectivity index (χ0v) is 9.30. The highest BCUT2D eigenvalue weighted by Gasteiger charge is 2.25. The summed E-state index contributed by atoms with van der Waals surface area (Å²) in [6.07, 6.45) is 0. The number of nitro groups is 2. The van der Waals surface area contributed by atoms with Gasteiger partial charge in [0.15, 0.2) is 5.69 Å². The van der Waals surface area contributed by atoms with Gasteiger partial charge in [0.2, 0.25) is 0 Å². The maximum atomic E-state index is 10.8. The standard InChI is InChI=1S/C9H12N4O4/c1-6-4-7(12(14)15)9(11-3-2-10)8(5-6)13(16)17/h4-5,11H,2-3,10H2,1H3/p+1. The van der Waals surface area contributed by atoms with Crippen molar-refractivity contribution in [1.82, 2.24) is 0 Å². The first-order valence-corrected chi connectivity index (χ1v) is 4.94. The fourth-order valence-corrected chi connectivity index (χ4v) is 1.43. The quantitative estimate of drug-likeness (QED) is 0.572. The number of anilines is 1. The van der Waals surface area contributed by atoms with Crippen LogP contribution in [0.1, 0.15) is 5.56 Å². The van der Waals surface area contributed by atoms with Crippen molar-refractivity contribution in [2.24, 2.45) is 0 Å². The molecule has 0 aromatic heterocycles. The van der Waals surface area contributed by atoms with Crippen LogP contribution in [0.25, 0.3) is 0 Å². The van der Waals surface area contributed by atoms with Gasteiger partial charge in [-0.15, -0.1) is 0 Å². The first-order valence-electron chi connectivity index (χ1n) is 4.94. The molecule has 0 spiro atoms. The van der Waals surface area contributed by atoms with Gasteiger partial charge in [-0.05, 0) is 12.5 Å². The van der Waals surface area contributed by atoms with E-state index in [4.69, 9.17) is 0 Å². The van der Waals surface area contributed by atoms with E-state index in [2.05, 4.69) is 11.1 Å². The summed E-state index contributed by atoms with van der Waals surface area (Å²) in [6.45, 7) is 2.39. The lowest BCUT2D eigenvalue weighted by molar-refractivity contribution is -0.392. The monoisotopic (exact) mass is 241 g/mol. The molecule has 17 heavy (non-hydrogen) atoms. The minimum Gasteiger partial charge on any atom is -0.368 e. The van der Waals surface area contributed by atoms with Crippen LogP contribution < -0.4 is 11.1 Å². The van der Waals surface area contributed by atoms with Gasteiger partial charge in [0.25, 0.3) is 11.4 Å². The minimum atomic E-state index is -0.634. The van der Waals surface area contributed by atoms with Gasteiger partial charge in [0, 0.05) is 12.1 Å². The Morgan fingerprint density at radius 3 is 2.06 bits per heavy atom. The molecule has 0 radical (unpaired) electrons. The molecule has 0 atom stereocenters. The van der Waals surface area contributed by atoms with E-state index in [0.717, 1.165) is 0 Å². The Bertz CT molecular complexity index is 425. The van der Waals surface area contributed by atoms with Crippen LogP contribution in [0.2, 0.25) is 0 Å². The fourth-order valence-electron chi connectivity index (χ4n) is 1.43. The highest BCUT2D eigenvalue weighted by Crippen LogP contribution is 2.35. The summed E-state index contributed by atoms with van der Waals surface area (Å²) in [5.74, 6) is 0. The van der Waals surface area contributed by atoms with E-state index in [0.29, 0.717) is 18.7 Å². The van der Waals surface area contributed by atoms with Gasteiger partial charge >= 0.3 is 0 Å². The predicted molar refractivity (Wildman–Crippen MR) is 60.7 cm³/mol. The normalized spacial score (nSPS) is 10.0. The molecule has 0 aliphatic carbocycles. The number of nitrogens with zero attached hydrogens (tertiary/aromatic N) is 2. The smallest absolute Gasteiger partial charge is 0.299 e. The van der Waals surface area contributed by atoms with Crippen LogP contribution in [0.4, 0.5) is 17.1 Å². The molecule has 92 valence electrons. The largest absolute Gasteiger partial charge is 0.368 e. The Labute approximate surface area is 96.7 Å². The average Bonchev–Trinajstić information content (AvgIpc) is 2.26.